The van der Waals surface area contributed by atoms with Crippen LogP contribution in [0.15, 0.2) is 24.3 Å². The van der Waals surface area contributed by atoms with Crippen LogP contribution in [0.25, 0.3) is 0 Å². The van der Waals surface area contributed by atoms with Gasteiger partial charge >= 0.3 is 5.97 Å². The summed E-state index contributed by atoms with van der Waals surface area (Å²) in [6.07, 6.45) is 56.0. The van der Waals surface area contributed by atoms with E-state index in [9.17, 15) is 19.8 Å². The molecule has 2 unspecified atom stereocenters. The topological polar surface area (TPSA) is 95.9 Å². The van der Waals surface area contributed by atoms with Crippen LogP contribution in [-0.4, -0.2) is 47.4 Å². The van der Waals surface area contributed by atoms with Crippen LogP contribution in [0.4, 0.5) is 0 Å². The molecule has 0 fully saturated rings. The SMILES string of the molecule is CCCCCC/C=C\CCCCCCCC(=O)OCCCCCCCCCCCCCCCCCCCC(=O)NC(CO)C(O)/C=C/CCCCCCCCCCC. The predicted molar refractivity (Wildman–Crippen MR) is 250 cm³/mol. The molecular weight excluding hydrogens is 719 g/mol. The molecule has 2 atom stereocenters. The van der Waals surface area contributed by atoms with Crippen molar-refractivity contribution in [3.05, 3.63) is 24.3 Å². The molecule has 3 N–H and O–H groups in total. The molecule has 0 aliphatic heterocycles. The first kappa shape index (κ1) is 56.3. The van der Waals surface area contributed by atoms with Crippen molar-refractivity contribution in [2.24, 2.45) is 0 Å². The zero-order valence-electron chi connectivity index (χ0n) is 38.8. The summed E-state index contributed by atoms with van der Waals surface area (Å²) in [5.41, 5.74) is 0. The highest BCUT2D eigenvalue weighted by Crippen LogP contribution is 2.16. The zero-order valence-corrected chi connectivity index (χ0v) is 38.8. The molecule has 0 saturated heterocycles. The third-order valence-electron chi connectivity index (χ3n) is 11.7. The first-order valence-corrected chi connectivity index (χ1v) is 25.6. The van der Waals surface area contributed by atoms with E-state index in [0.29, 0.717) is 19.4 Å². The van der Waals surface area contributed by atoms with E-state index in [1.807, 2.05) is 6.08 Å². The molecule has 1 amide bonds. The van der Waals surface area contributed by atoms with Crippen molar-refractivity contribution in [1.82, 2.24) is 5.32 Å². The fourth-order valence-electron chi connectivity index (χ4n) is 7.74. The summed E-state index contributed by atoms with van der Waals surface area (Å²) in [5.74, 6) is -0.0803. The summed E-state index contributed by atoms with van der Waals surface area (Å²) in [6.45, 7) is 4.86. The second-order valence-electron chi connectivity index (χ2n) is 17.5. The smallest absolute Gasteiger partial charge is 0.305 e. The first-order chi connectivity index (χ1) is 28.5. The molecule has 0 aromatic carbocycles. The maximum atomic E-state index is 12.4. The number of aliphatic hydroxyl groups is 2. The van der Waals surface area contributed by atoms with Crippen LogP contribution in [0.5, 0.6) is 0 Å². The van der Waals surface area contributed by atoms with Gasteiger partial charge in [-0.3, -0.25) is 9.59 Å². The Morgan fingerprint density at radius 2 is 0.810 bits per heavy atom. The van der Waals surface area contributed by atoms with Gasteiger partial charge in [0.2, 0.25) is 5.91 Å². The van der Waals surface area contributed by atoms with Gasteiger partial charge in [-0.05, 0) is 57.8 Å². The summed E-state index contributed by atoms with van der Waals surface area (Å²) in [4.78, 5) is 24.4. The molecule has 0 aliphatic rings. The average Bonchev–Trinajstić information content (AvgIpc) is 3.22. The fourth-order valence-corrected chi connectivity index (χ4v) is 7.74. The van der Waals surface area contributed by atoms with E-state index < -0.39 is 12.1 Å². The standard InChI is InChI=1S/C52H99NO5/c1-3-5-7-9-11-13-15-21-26-30-34-38-42-46-52(57)58-47-43-39-35-31-27-23-20-18-16-17-19-22-25-29-33-37-41-45-51(56)53-49(48-54)50(55)44-40-36-32-28-24-14-12-10-8-6-4-2/h13,15,40,44,49-50,54-55H,3-12,14,16-39,41-43,45-48H2,1-2H3,(H,53,56)/b15-13-,44-40+. The normalized spacial score (nSPS) is 12.8. The van der Waals surface area contributed by atoms with Gasteiger partial charge in [-0.15, -0.1) is 0 Å². The van der Waals surface area contributed by atoms with Gasteiger partial charge in [0.1, 0.15) is 0 Å². The molecule has 342 valence electrons. The Labute approximate surface area is 361 Å². The first-order valence-electron chi connectivity index (χ1n) is 25.6. The van der Waals surface area contributed by atoms with Gasteiger partial charge in [0.05, 0.1) is 25.4 Å². The fraction of sp³-hybridized carbons (Fsp3) is 0.885. The maximum Gasteiger partial charge on any atom is 0.305 e. The van der Waals surface area contributed by atoms with Crippen molar-refractivity contribution in [2.75, 3.05) is 13.2 Å². The average molecular weight is 818 g/mol. The number of allylic oxidation sites excluding steroid dienone is 3. The summed E-state index contributed by atoms with van der Waals surface area (Å²) in [7, 11) is 0. The molecular formula is C52H99NO5. The zero-order chi connectivity index (χ0) is 42.3. The number of carbonyl (C=O) groups is 2. The lowest BCUT2D eigenvalue weighted by Crippen LogP contribution is -2.45. The van der Waals surface area contributed by atoms with E-state index >= 15 is 0 Å². The van der Waals surface area contributed by atoms with Gasteiger partial charge in [0, 0.05) is 12.8 Å². The number of aliphatic hydroxyl groups excluding tert-OH is 2. The molecule has 0 aliphatic carbocycles. The van der Waals surface area contributed by atoms with Crippen LogP contribution in [0.2, 0.25) is 0 Å². The summed E-state index contributed by atoms with van der Waals surface area (Å²) >= 11 is 0. The molecule has 0 heterocycles. The summed E-state index contributed by atoms with van der Waals surface area (Å²) in [6, 6.07) is -0.630. The largest absolute Gasteiger partial charge is 0.466 e. The van der Waals surface area contributed by atoms with Crippen LogP contribution >= 0.6 is 0 Å². The Morgan fingerprint density at radius 1 is 0.466 bits per heavy atom. The van der Waals surface area contributed by atoms with Crippen LogP contribution in [0, 0.1) is 0 Å². The van der Waals surface area contributed by atoms with Gasteiger partial charge in [0.25, 0.3) is 0 Å². The Balaban J connectivity index is 3.43. The molecule has 0 rings (SSSR count). The highest BCUT2D eigenvalue weighted by atomic mass is 16.5. The Hall–Kier alpha value is -1.66. The van der Waals surface area contributed by atoms with Crippen LogP contribution in [0.1, 0.15) is 271 Å². The number of carbonyl (C=O) groups excluding carboxylic acids is 2. The van der Waals surface area contributed by atoms with E-state index in [1.54, 1.807) is 6.08 Å². The quantitative estimate of drug-likeness (QED) is 0.0323. The van der Waals surface area contributed by atoms with Crippen LogP contribution < -0.4 is 5.32 Å². The molecule has 0 aromatic heterocycles. The highest BCUT2D eigenvalue weighted by molar-refractivity contribution is 5.76. The number of amides is 1. The van der Waals surface area contributed by atoms with Gasteiger partial charge in [-0.1, -0.05) is 224 Å². The Bertz CT molecular complexity index is 904. The summed E-state index contributed by atoms with van der Waals surface area (Å²) in [5, 5.41) is 23.0. The van der Waals surface area contributed by atoms with Crippen molar-refractivity contribution in [3.8, 4) is 0 Å². The number of hydrogen-bond acceptors (Lipinski definition) is 5. The third-order valence-corrected chi connectivity index (χ3v) is 11.7. The second kappa shape index (κ2) is 48.0. The third kappa shape index (κ3) is 43.9. The maximum absolute atomic E-state index is 12.4. The number of rotatable bonds is 47. The highest BCUT2D eigenvalue weighted by Gasteiger charge is 2.18. The molecule has 0 saturated carbocycles. The molecule has 58 heavy (non-hydrogen) atoms. The van der Waals surface area contributed by atoms with E-state index in [1.165, 1.54) is 199 Å². The van der Waals surface area contributed by atoms with E-state index in [2.05, 4.69) is 31.3 Å². The molecule has 0 aromatic rings. The van der Waals surface area contributed by atoms with Crippen molar-refractivity contribution >= 4 is 11.9 Å². The van der Waals surface area contributed by atoms with E-state index in [4.69, 9.17) is 4.74 Å². The van der Waals surface area contributed by atoms with Crippen molar-refractivity contribution in [1.29, 1.82) is 0 Å². The van der Waals surface area contributed by atoms with Gasteiger partial charge in [-0.2, -0.15) is 0 Å². The summed E-state index contributed by atoms with van der Waals surface area (Å²) < 4.78 is 5.46. The number of esters is 1. The van der Waals surface area contributed by atoms with E-state index in [-0.39, 0.29) is 18.5 Å². The number of nitrogens with one attached hydrogen (secondary N) is 1. The monoisotopic (exact) mass is 818 g/mol. The van der Waals surface area contributed by atoms with Crippen molar-refractivity contribution in [3.63, 3.8) is 0 Å². The van der Waals surface area contributed by atoms with Gasteiger partial charge < -0.3 is 20.3 Å². The van der Waals surface area contributed by atoms with Crippen molar-refractivity contribution in [2.45, 2.75) is 283 Å². The number of ether oxygens (including phenoxy) is 1. The Morgan fingerprint density at radius 3 is 1.24 bits per heavy atom. The van der Waals surface area contributed by atoms with Crippen LogP contribution in [-0.2, 0) is 14.3 Å². The Kier molecular flexibility index (Phi) is 46.6. The van der Waals surface area contributed by atoms with Gasteiger partial charge in [-0.25, -0.2) is 0 Å². The van der Waals surface area contributed by atoms with Crippen molar-refractivity contribution < 1.29 is 24.5 Å². The van der Waals surface area contributed by atoms with Crippen LogP contribution in [0.3, 0.4) is 0 Å². The molecule has 6 heteroatoms. The molecule has 0 spiro atoms. The van der Waals surface area contributed by atoms with E-state index in [0.717, 1.165) is 44.9 Å². The number of unbranched alkanes of at least 4 members (excludes halogenated alkanes) is 34. The van der Waals surface area contributed by atoms with Gasteiger partial charge in [0.15, 0.2) is 0 Å². The lowest BCUT2D eigenvalue weighted by molar-refractivity contribution is -0.143. The minimum absolute atomic E-state index is 0.00533. The lowest BCUT2D eigenvalue weighted by Gasteiger charge is -2.20. The molecule has 0 bridgehead atoms. The molecule has 0 radical (unpaired) electrons. The lowest BCUT2D eigenvalue weighted by atomic mass is 10.0. The minimum Gasteiger partial charge on any atom is -0.466 e. The second-order valence-corrected chi connectivity index (χ2v) is 17.5. The molecule has 6 nitrogen and oxygen atoms in total. The minimum atomic E-state index is -0.846. The predicted octanol–water partition coefficient (Wildman–Crippen LogP) is 15.1. The number of hydrogen-bond donors (Lipinski definition) is 3.